The highest BCUT2D eigenvalue weighted by Crippen LogP contribution is 2.33. The van der Waals surface area contributed by atoms with Gasteiger partial charge >= 0.3 is 6.09 Å². The molecule has 1 fully saturated rings. The van der Waals surface area contributed by atoms with E-state index in [4.69, 9.17) is 4.74 Å². The number of nitrogens with zero attached hydrogens (tertiary/aromatic N) is 7. The summed E-state index contributed by atoms with van der Waals surface area (Å²) in [6, 6.07) is 9.86. The number of hydrogen-bond acceptors (Lipinski definition) is 7. The van der Waals surface area contributed by atoms with Crippen LogP contribution in [-0.4, -0.2) is 47.5 Å². The number of carbonyl (C=O) groups is 1. The first kappa shape index (κ1) is 20.0. The molecule has 5 heterocycles. The van der Waals surface area contributed by atoms with Crippen molar-refractivity contribution in [1.29, 1.82) is 0 Å². The molecule has 10 nitrogen and oxygen atoms in total. The highest BCUT2D eigenvalue weighted by molar-refractivity contribution is 5.90. The third-order valence-electron chi connectivity index (χ3n) is 5.70. The lowest BCUT2D eigenvalue weighted by atomic mass is 10.1. The molecule has 4 aromatic heterocycles. The Morgan fingerprint density at radius 1 is 1.12 bits per heavy atom. The average molecular weight is 456 g/mol. The van der Waals surface area contributed by atoms with Crippen molar-refractivity contribution in [2.75, 3.05) is 11.5 Å². The third kappa shape index (κ3) is 3.25. The number of benzene rings is 1. The minimum Gasteiger partial charge on any atom is -0.446 e. The van der Waals surface area contributed by atoms with Crippen molar-refractivity contribution in [2.24, 2.45) is 0 Å². The maximum atomic E-state index is 14.8. The Labute approximate surface area is 192 Å². The van der Waals surface area contributed by atoms with Crippen LogP contribution in [0.4, 0.5) is 15.0 Å². The lowest BCUT2D eigenvalue weighted by Crippen LogP contribution is -2.28. The van der Waals surface area contributed by atoms with E-state index in [1.807, 2.05) is 19.1 Å². The molecule has 5 aromatic rings. The van der Waals surface area contributed by atoms with Crippen LogP contribution in [0.3, 0.4) is 0 Å². The molecular weight excluding hydrogens is 439 g/mol. The highest BCUT2D eigenvalue weighted by Gasteiger charge is 2.37. The van der Waals surface area contributed by atoms with Gasteiger partial charge in [-0.25, -0.2) is 28.6 Å². The second-order valence-electron chi connectivity index (χ2n) is 7.86. The van der Waals surface area contributed by atoms with Gasteiger partial charge in [0.05, 0.1) is 17.5 Å². The van der Waals surface area contributed by atoms with Gasteiger partial charge in [-0.05, 0) is 42.3 Å². The number of amides is 1. The number of hydrogen-bond donors (Lipinski definition) is 1. The van der Waals surface area contributed by atoms with Gasteiger partial charge in [-0.2, -0.15) is 10.2 Å². The number of aromatic amines is 1. The van der Waals surface area contributed by atoms with Crippen LogP contribution in [0.15, 0.2) is 61.3 Å². The number of aryl methyl sites for hydroxylation is 1. The van der Waals surface area contributed by atoms with Crippen LogP contribution in [0.5, 0.6) is 0 Å². The quantitative estimate of drug-likeness (QED) is 0.438. The van der Waals surface area contributed by atoms with Gasteiger partial charge in [-0.15, -0.1) is 0 Å². The minimum atomic E-state index is -0.507. The van der Waals surface area contributed by atoms with Gasteiger partial charge in [0.15, 0.2) is 11.5 Å². The van der Waals surface area contributed by atoms with Gasteiger partial charge in [0.1, 0.15) is 30.6 Å². The molecule has 0 aliphatic carbocycles. The molecule has 6 rings (SSSR count). The number of aromatic nitrogens is 7. The number of fused-ring (bicyclic) bond motifs is 1. The van der Waals surface area contributed by atoms with Crippen molar-refractivity contribution in [1.82, 2.24) is 34.8 Å². The number of carbonyl (C=O) groups excluding carboxylic acids is 1. The standard InChI is InChI=1S/C23H17FN8O2/c1-13-2-5-18(25-9-13)19-11-34-23(33)32(19)20-6-7-31-22(29-20)16(10-28-31)14-3-4-15(17(24)8-14)21-26-12-27-30-21/h2-10,12,19H,11H2,1H3,(H,26,27,30). The predicted molar refractivity (Wildman–Crippen MR) is 119 cm³/mol. The topological polar surface area (TPSA) is 114 Å². The van der Waals surface area contributed by atoms with E-state index in [9.17, 15) is 9.18 Å². The zero-order valence-electron chi connectivity index (χ0n) is 17.9. The summed E-state index contributed by atoms with van der Waals surface area (Å²) in [5.74, 6) is 0.272. The van der Waals surface area contributed by atoms with Crippen molar-refractivity contribution in [3.05, 3.63) is 78.4 Å². The minimum absolute atomic E-state index is 0.169. The molecule has 11 heteroatoms. The smallest absolute Gasteiger partial charge is 0.416 e. The molecule has 0 bridgehead atoms. The molecule has 1 aliphatic heterocycles. The number of cyclic esters (lactones) is 1. The van der Waals surface area contributed by atoms with Crippen LogP contribution in [0.2, 0.25) is 0 Å². The van der Waals surface area contributed by atoms with Crippen molar-refractivity contribution < 1.29 is 13.9 Å². The Kier molecular flexibility index (Phi) is 4.54. The Morgan fingerprint density at radius 2 is 2.03 bits per heavy atom. The summed E-state index contributed by atoms with van der Waals surface area (Å²) >= 11 is 0. The summed E-state index contributed by atoms with van der Waals surface area (Å²) in [4.78, 5) is 27.2. The maximum absolute atomic E-state index is 14.8. The molecule has 34 heavy (non-hydrogen) atoms. The SMILES string of the molecule is Cc1ccc(C2COC(=O)N2c2ccn3ncc(-c4ccc(-c5ncn[nH]5)c(F)c4)c3n2)nc1. The second kappa shape index (κ2) is 7.73. The summed E-state index contributed by atoms with van der Waals surface area (Å²) in [6.07, 6.45) is 5.87. The fraction of sp³-hybridized carbons (Fsp3) is 0.130. The molecule has 1 amide bonds. The van der Waals surface area contributed by atoms with Crippen molar-refractivity contribution in [3.63, 3.8) is 0 Å². The predicted octanol–water partition coefficient (Wildman–Crippen LogP) is 3.72. The van der Waals surface area contributed by atoms with Crippen molar-refractivity contribution >= 4 is 17.6 Å². The molecule has 0 spiro atoms. The van der Waals surface area contributed by atoms with Crippen LogP contribution < -0.4 is 4.90 Å². The second-order valence-corrected chi connectivity index (χ2v) is 7.86. The molecule has 1 aromatic carbocycles. The number of nitrogens with one attached hydrogen (secondary N) is 1. The molecular formula is C23H17FN8O2. The molecule has 1 saturated heterocycles. The van der Waals surface area contributed by atoms with E-state index in [0.29, 0.717) is 39.7 Å². The van der Waals surface area contributed by atoms with Crippen LogP contribution in [0.1, 0.15) is 17.3 Å². The van der Waals surface area contributed by atoms with Crippen LogP contribution in [-0.2, 0) is 4.74 Å². The van der Waals surface area contributed by atoms with Gasteiger partial charge in [0.25, 0.3) is 0 Å². The van der Waals surface area contributed by atoms with Crippen LogP contribution >= 0.6 is 0 Å². The van der Waals surface area contributed by atoms with Gasteiger partial charge in [-0.1, -0.05) is 12.1 Å². The average Bonchev–Trinajstić information content (AvgIpc) is 3.59. The third-order valence-corrected chi connectivity index (χ3v) is 5.70. The highest BCUT2D eigenvalue weighted by atomic mass is 19.1. The Balaban J connectivity index is 1.40. The first-order valence-electron chi connectivity index (χ1n) is 10.5. The van der Waals surface area contributed by atoms with E-state index in [1.165, 1.54) is 17.3 Å². The molecule has 168 valence electrons. The molecule has 1 N–H and O–H groups in total. The van der Waals surface area contributed by atoms with Crippen LogP contribution in [0, 0.1) is 12.7 Å². The zero-order valence-corrected chi connectivity index (χ0v) is 17.9. The molecule has 0 radical (unpaired) electrons. The summed E-state index contributed by atoms with van der Waals surface area (Å²) in [7, 11) is 0. The summed E-state index contributed by atoms with van der Waals surface area (Å²) < 4.78 is 21.7. The zero-order chi connectivity index (χ0) is 23.2. The van der Waals surface area contributed by atoms with Gasteiger partial charge in [0, 0.05) is 18.0 Å². The van der Waals surface area contributed by atoms with E-state index in [-0.39, 0.29) is 6.61 Å². The Hall–Kier alpha value is -4.67. The van der Waals surface area contributed by atoms with Crippen molar-refractivity contribution in [2.45, 2.75) is 13.0 Å². The fourth-order valence-corrected chi connectivity index (χ4v) is 3.98. The molecule has 1 unspecified atom stereocenters. The van der Waals surface area contributed by atoms with Gasteiger partial charge in [0.2, 0.25) is 0 Å². The lowest BCUT2D eigenvalue weighted by molar-refractivity contribution is 0.178. The molecule has 0 saturated carbocycles. The van der Waals surface area contributed by atoms with E-state index in [1.54, 1.807) is 41.3 Å². The molecule has 1 aliphatic rings. The van der Waals surface area contributed by atoms with Crippen molar-refractivity contribution in [3.8, 4) is 22.5 Å². The normalized spacial score (nSPS) is 15.8. The summed E-state index contributed by atoms with van der Waals surface area (Å²) in [6.45, 7) is 2.12. The number of ether oxygens (including phenoxy) is 1. The molecule has 1 atom stereocenters. The van der Waals surface area contributed by atoms with Crippen LogP contribution in [0.25, 0.3) is 28.2 Å². The maximum Gasteiger partial charge on any atom is 0.416 e. The number of pyridine rings is 1. The first-order valence-corrected chi connectivity index (χ1v) is 10.5. The van der Waals surface area contributed by atoms with E-state index >= 15 is 0 Å². The number of rotatable bonds is 4. The number of H-pyrrole nitrogens is 1. The lowest BCUT2D eigenvalue weighted by Gasteiger charge is -2.20. The monoisotopic (exact) mass is 456 g/mol. The van der Waals surface area contributed by atoms with E-state index in [2.05, 4.69) is 30.2 Å². The Morgan fingerprint density at radius 3 is 2.79 bits per heavy atom. The fourth-order valence-electron chi connectivity index (χ4n) is 3.98. The summed E-state index contributed by atoms with van der Waals surface area (Å²) in [5.41, 5.74) is 3.70. The Bertz CT molecular complexity index is 1510. The summed E-state index contributed by atoms with van der Waals surface area (Å²) in [5, 5.41) is 10.7. The van der Waals surface area contributed by atoms with E-state index < -0.39 is 18.0 Å². The number of anilines is 1. The largest absolute Gasteiger partial charge is 0.446 e. The van der Waals surface area contributed by atoms with E-state index in [0.717, 1.165) is 5.56 Å². The van der Waals surface area contributed by atoms with Gasteiger partial charge < -0.3 is 4.74 Å². The van der Waals surface area contributed by atoms with Gasteiger partial charge in [-0.3, -0.25) is 10.1 Å². The first-order chi connectivity index (χ1) is 16.6. The number of halogens is 1.